The SMILES string of the molecule is CC[C@]1(O)C[C@H]2CN(CCc3c([nH]c4ccccc34)[C@@](C(=O)OC)(c3cc4c(cc3OC)N(C)[C@H]3[C@@](O)(C(=O)NNC(=O)OCCSSC(C)(C)[C@H](NC(=O)[C@H](CC(=O)O)NC(=O)[C@H](CC(=O)O)NC(=O)[C@H](CCCNC(=N)N)NC(=O)[C@H](CC(=O)O)NC(=O)CC[C@H](NC(=O)c5ccc(NCc6cnc7nc(N)[nH]c(=O)c7n6)cc5)C(=O)O)C(=O)O)[C@H](O)[C@]5(CC)C=CCN6CC[C@]43[C@@H]65)C2)C1. The Morgan fingerprint density at radius 2 is 1.41 bits per heavy atom. The number of aromatic nitrogens is 5. The molecule has 0 radical (unpaired) electrons. The molecule has 6 aliphatic rings. The number of piperidine rings is 1. The highest BCUT2D eigenvalue weighted by molar-refractivity contribution is 8.77. The van der Waals surface area contributed by atoms with Crippen molar-refractivity contribution < 1.29 is 122 Å². The van der Waals surface area contributed by atoms with Crippen molar-refractivity contribution in [3.8, 4) is 5.75 Å². The third-order valence-corrected chi connectivity index (χ3v) is 29.7. The first-order chi connectivity index (χ1) is 64.9. The number of para-hydroxylation sites is 1. The lowest BCUT2D eigenvalue weighted by Crippen LogP contribution is -2.82. The minimum absolute atomic E-state index is 0.0219. The zero-order valence-corrected chi connectivity index (χ0v) is 77.5. The highest BCUT2D eigenvalue weighted by atomic mass is 33.1. The summed E-state index contributed by atoms with van der Waals surface area (Å²) in [4.78, 5) is 227. The first-order valence-electron chi connectivity index (χ1n) is 44.2. The van der Waals surface area contributed by atoms with Crippen molar-refractivity contribution in [1.82, 2.24) is 82.8 Å². The molecule has 1 spiro atoms. The molecule has 49 heteroatoms. The molecule has 12 rings (SSSR count). The maximum Gasteiger partial charge on any atom is 0.426 e. The predicted molar refractivity (Wildman–Crippen MR) is 493 cm³/mol. The van der Waals surface area contributed by atoms with Gasteiger partial charge in [0.1, 0.15) is 60.1 Å². The normalized spacial score (nSPS) is 23.6. The van der Waals surface area contributed by atoms with E-state index in [1.54, 1.807) is 18.0 Å². The number of methoxy groups -OCH3 is 2. The number of amides is 8. The Morgan fingerprint density at radius 3 is 2.04 bits per heavy atom. The largest absolute Gasteiger partial charge is 0.496 e. The van der Waals surface area contributed by atoms with Gasteiger partial charge in [0, 0.05) is 114 Å². The number of benzene rings is 3. The second-order valence-electron chi connectivity index (χ2n) is 35.5. The fourth-order valence-electron chi connectivity index (χ4n) is 20.3. The van der Waals surface area contributed by atoms with E-state index in [0.717, 1.165) is 38.1 Å². The molecule has 5 aliphatic heterocycles. The fourth-order valence-corrected chi connectivity index (χ4v) is 22.7. The quantitative estimate of drug-likeness (QED) is 0.00427. The van der Waals surface area contributed by atoms with Crippen molar-refractivity contribution in [2.24, 2.45) is 17.1 Å². The molecule has 3 aromatic carbocycles. The van der Waals surface area contributed by atoms with Gasteiger partial charge in [0.05, 0.1) is 68.3 Å². The number of likely N-dealkylation sites (N-methyl/N-ethyl adjacent to an activating group) is 1. The average molecular weight is 1950 g/mol. The van der Waals surface area contributed by atoms with E-state index >= 15 is 9.59 Å². The lowest BCUT2D eigenvalue weighted by molar-refractivity contribution is -0.204. The van der Waals surface area contributed by atoms with Gasteiger partial charge in [-0.1, -0.05) is 65.8 Å². The summed E-state index contributed by atoms with van der Waals surface area (Å²) in [7, 11) is 6.28. The third kappa shape index (κ3) is 21.7. The molecule has 738 valence electrons. The van der Waals surface area contributed by atoms with E-state index in [0.29, 0.717) is 92.3 Å². The Morgan fingerprint density at radius 1 is 0.752 bits per heavy atom. The van der Waals surface area contributed by atoms with Gasteiger partial charge in [0.25, 0.3) is 17.4 Å². The third-order valence-electron chi connectivity index (χ3n) is 26.4. The summed E-state index contributed by atoms with van der Waals surface area (Å²) in [6, 6.07) is 3.22. The van der Waals surface area contributed by atoms with Crippen molar-refractivity contribution in [2.45, 2.75) is 199 Å². The van der Waals surface area contributed by atoms with Crippen LogP contribution in [0.3, 0.4) is 0 Å². The topological polar surface area (TPSA) is 722 Å². The Labute approximate surface area is 790 Å². The molecule has 47 nitrogen and oxygen atoms in total. The number of esters is 1. The molecule has 1 aliphatic carbocycles. The summed E-state index contributed by atoms with van der Waals surface area (Å²) >= 11 is 0. The molecular weight excluding hydrogens is 1830 g/mol. The van der Waals surface area contributed by atoms with Gasteiger partial charge in [-0.3, -0.25) is 83.2 Å². The van der Waals surface area contributed by atoms with Crippen LogP contribution >= 0.6 is 21.6 Å². The predicted octanol–water partition coefficient (Wildman–Crippen LogP) is -0.755. The van der Waals surface area contributed by atoms with Crippen LogP contribution in [0.15, 0.2) is 83.8 Å². The molecule has 3 aromatic heterocycles. The van der Waals surface area contributed by atoms with E-state index in [4.69, 9.17) is 31.1 Å². The highest BCUT2D eigenvalue weighted by Crippen LogP contribution is 2.68. The molecule has 8 heterocycles. The van der Waals surface area contributed by atoms with Crippen molar-refractivity contribution in [3.05, 3.63) is 123 Å². The van der Waals surface area contributed by atoms with Gasteiger partial charge in [-0.2, -0.15) is 4.98 Å². The number of nitrogens with zero attached hydrogens (tertiary/aromatic N) is 6. The number of guanidine groups is 1. The molecule has 2 saturated heterocycles. The minimum atomic E-state index is -2.77. The number of anilines is 3. The molecule has 3 fully saturated rings. The number of aliphatic carboxylic acids is 5. The van der Waals surface area contributed by atoms with Gasteiger partial charge >= 0.3 is 41.9 Å². The maximum absolute atomic E-state index is 15.7. The summed E-state index contributed by atoms with van der Waals surface area (Å²) in [5.41, 5.74) is 11.5. The summed E-state index contributed by atoms with van der Waals surface area (Å²) in [6.07, 6.45) is -1.73. The van der Waals surface area contributed by atoms with Crippen LogP contribution in [-0.2, 0) is 90.8 Å². The first-order valence-corrected chi connectivity index (χ1v) is 46.5. The Bertz CT molecular complexity index is 5790. The van der Waals surface area contributed by atoms with Crippen LogP contribution in [0.4, 0.5) is 22.1 Å². The Kier molecular flexibility index (Phi) is 31.7. The van der Waals surface area contributed by atoms with Crippen molar-refractivity contribution in [2.75, 3.05) is 88.8 Å². The number of carboxylic acids is 5. The van der Waals surface area contributed by atoms with Gasteiger partial charge in [0.2, 0.25) is 35.5 Å². The smallest absolute Gasteiger partial charge is 0.426 e. The van der Waals surface area contributed by atoms with Crippen LogP contribution in [0.2, 0.25) is 0 Å². The van der Waals surface area contributed by atoms with Crippen molar-refractivity contribution in [1.29, 1.82) is 5.41 Å². The molecule has 1 saturated carbocycles. The average Bonchev–Trinajstić information content (AvgIpc) is 1.48. The number of carboxylic acid groups (broad SMARTS) is 5. The number of hydrazine groups is 1. The van der Waals surface area contributed by atoms with Crippen LogP contribution in [0.5, 0.6) is 5.75 Å². The number of aliphatic hydroxyl groups excluding tert-OH is 1. The molecule has 6 aromatic rings. The molecule has 25 N–H and O–H groups in total. The zero-order valence-electron chi connectivity index (χ0n) is 75.9. The number of nitrogens with two attached hydrogens (primary N) is 2. The minimum Gasteiger partial charge on any atom is -0.496 e. The molecule has 2 bridgehead atoms. The number of fused-ring (bicyclic) bond motifs is 7. The number of aromatic amines is 2. The molecular formula is C88H113N21O26S2. The van der Waals surface area contributed by atoms with Gasteiger partial charge in [-0.05, 0) is 132 Å². The molecule has 8 amide bonds. The van der Waals surface area contributed by atoms with E-state index in [-0.39, 0.29) is 72.4 Å². The monoisotopic (exact) mass is 1940 g/mol. The molecule has 16 atom stereocenters. The van der Waals surface area contributed by atoms with E-state index in [2.05, 4.69) is 82.8 Å². The zero-order chi connectivity index (χ0) is 99.7. The van der Waals surface area contributed by atoms with Crippen LogP contribution < -0.4 is 80.0 Å². The Hall–Kier alpha value is -13.5. The molecule has 137 heavy (non-hydrogen) atoms. The lowest BCUT2D eigenvalue weighted by atomic mass is 9.47. The van der Waals surface area contributed by atoms with Gasteiger partial charge in [-0.25, -0.2) is 29.8 Å². The number of rotatable bonds is 41. The summed E-state index contributed by atoms with van der Waals surface area (Å²) in [6.45, 7) is 8.46. The Balaban J connectivity index is 0.670. The van der Waals surface area contributed by atoms with Gasteiger partial charge < -0.3 is 119 Å². The standard InChI is InChI=1S/C88H113N21O26S2/c1-8-84(131)37-43-38-87(79(129)134-7,64-48(23-28-108(41-43)42-84)47-14-10-11-15-51(47)97-64)50-32-49-57(36-58(50)133-6)107(5)76-86(49)25-29-109-27-13-24-85(9-2,75(86)109)77(127)88(76,132)78(128)105-106-82(130)135-30-31-136-137-83(3,4)65(74(125)126)102-71(121)56(35-62(115)116)101-70(120)55(34-61(113)114)100-68(118)52(16-12-26-92-80(89)90)98-69(119)54(33-60(111)112)96-59(110)22-21-53(73(123)124)99-67(117)44-17-19-45(20-18-44)93-39-46-40-94-66-63(95-46)72(122)104-81(91)103-66/h10-11,13-15,17-20,24,32,36,40,43,52-56,65,75-77,93,97,127,131-132H,8-9,12,16,21-23,25-31,33-35,37-39,41-42H2,1-7H3,(H,96,110)(H,98,119)(H,99,117)(H,100,118)(H,101,120)(H,102,121)(H,105,128)(H,106,130)(H,111,112)(H,113,114)(H,115,116)(H,123,124)(H,125,126)(H4,89,90,92)(H3,91,94,103,104,122)/t43-,52+,53+,54+,55+,56+,65-,75+,76-,77-,84+,85-,86-,87+,88+/m1/s1. The van der Waals surface area contributed by atoms with E-state index in [1.807, 2.05) is 61.6 Å². The number of carbonyl (C=O) groups is 14. The van der Waals surface area contributed by atoms with Crippen LogP contribution in [0.25, 0.3) is 22.1 Å². The maximum atomic E-state index is 15.7. The van der Waals surface area contributed by atoms with Crippen molar-refractivity contribution in [3.63, 3.8) is 0 Å². The highest BCUT2D eigenvalue weighted by Gasteiger charge is 2.79. The van der Waals surface area contributed by atoms with E-state index < -0.39 is 227 Å². The molecule has 1 unspecified atom stereocenters. The van der Waals surface area contributed by atoms with Crippen LogP contribution in [0, 0.1) is 16.7 Å². The lowest BCUT2D eigenvalue weighted by Gasteiger charge is -2.63. The number of nitrogen functional groups attached to an aromatic ring is 1. The number of carbonyl (C=O) groups excluding carboxylic acids is 9. The van der Waals surface area contributed by atoms with Crippen LogP contribution in [0.1, 0.15) is 143 Å². The number of hydrogen-bond acceptors (Lipinski definition) is 32. The number of ether oxygens (including phenoxy) is 3. The summed E-state index contributed by atoms with van der Waals surface area (Å²) in [5, 5.41) is 116. The van der Waals surface area contributed by atoms with E-state index in [9.17, 15) is 103 Å². The second kappa shape index (κ2) is 42.4. The van der Waals surface area contributed by atoms with Crippen molar-refractivity contribution >= 4 is 150 Å². The van der Waals surface area contributed by atoms with Crippen LogP contribution in [-0.4, -0.2) is 308 Å². The first kappa shape index (κ1) is 102. The number of H-pyrrole nitrogens is 2. The summed E-state index contributed by atoms with van der Waals surface area (Å²) < 4.78 is 16.2. The fraction of sp³-hybridized carbons (Fsp3) is 0.511. The number of nitrogens with one attached hydrogen (secondary N) is 13. The summed E-state index contributed by atoms with van der Waals surface area (Å²) in [5.74, 6) is -18.9. The van der Waals surface area contributed by atoms with E-state index in [1.165, 1.54) is 58.5 Å². The second-order valence-corrected chi connectivity index (χ2v) is 38.6. The number of hydrogen-bond donors (Lipinski definition) is 23. The van der Waals surface area contributed by atoms with Gasteiger partial charge in [-0.15, -0.1) is 0 Å². The van der Waals surface area contributed by atoms with Gasteiger partial charge in [0.15, 0.2) is 22.7 Å². The number of aliphatic hydroxyl groups is 3.